The zero-order chi connectivity index (χ0) is 22.9. The molecule has 1 aromatic carbocycles. The molecule has 0 aromatic heterocycles. The van der Waals surface area contributed by atoms with Crippen LogP contribution in [-0.4, -0.2) is 53.2 Å². The molecule has 0 aliphatic rings. The molecule has 13 heteroatoms. The van der Waals surface area contributed by atoms with Crippen molar-refractivity contribution in [1.29, 1.82) is 0 Å². The summed E-state index contributed by atoms with van der Waals surface area (Å²) in [5.74, 6) is -1.54. The maximum atomic E-state index is 12.7. The lowest BCUT2D eigenvalue weighted by molar-refractivity contribution is -0.373. The third-order valence-electron chi connectivity index (χ3n) is 3.70. The molecule has 1 aromatic rings. The van der Waals surface area contributed by atoms with Crippen LogP contribution in [0, 0.1) is 0 Å². The lowest BCUT2D eigenvalue weighted by Crippen LogP contribution is -2.60. The Morgan fingerprint density at radius 1 is 0.828 bits per heavy atom. The standard InChI is InChI=1S/C16H15F9O4/c1-3-9-4-5-10(28-7-12(2,26)14(17,18)19)11(6-9)29-8-13(27,15(20,21)22)16(23,24)25/h3-6,26-27H,1,7-8H2,2H3. The highest BCUT2D eigenvalue weighted by Gasteiger charge is 2.71. The van der Waals surface area contributed by atoms with Gasteiger partial charge in [0.2, 0.25) is 0 Å². The number of hydrogen-bond donors (Lipinski definition) is 2. The third-order valence-corrected chi connectivity index (χ3v) is 3.70. The summed E-state index contributed by atoms with van der Waals surface area (Å²) in [5.41, 5.74) is -8.52. The minimum atomic E-state index is -6.16. The second-order valence-electron chi connectivity index (χ2n) is 6.12. The van der Waals surface area contributed by atoms with Crippen LogP contribution in [-0.2, 0) is 0 Å². The van der Waals surface area contributed by atoms with Crippen molar-refractivity contribution in [2.24, 2.45) is 0 Å². The van der Waals surface area contributed by atoms with Crippen LogP contribution in [0.1, 0.15) is 12.5 Å². The summed E-state index contributed by atoms with van der Waals surface area (Å²) in [7, 11) is 0. The first-order valence-corrected chi connectivity index (χ1v) is 7.53. The Labute approximate surface area is 158 Å². The van der Waals surface area contributed by atoms with Gasteiger partial charge in [0.05, 0.1) is 0 Å². The monoisotopic (exact) mass is 442 g/mol. The van der Waals surface area contributed by atoms with Crippen molar-refractivity contribution in [2.45, 2.75) is 36.7 Å². The molecule has 0 spiro atoms. The maximum Gasteiger partial charge on any atom is 0.429 e. The minimum Gasteiger partial charge on any atom is -0.486 e. The van der Waals surface area contributed by atoms with Gasteiger partial charge in [-0.25, -0.2) is 0 Å². The van der Waals surface area contributed by atoms with Crippen molar-refractivity contribution >= 4 is 6.08 Å². The van der Waals surface area contributed by atoms with E-state index in [2.05, 4.69) is 11.3 Å². The second kappa shape index (κ2) is 7.94. The predicted molar refractivity (Wildman–Crippen MR) is 81.3 cm³/mol. The molecule has 2 N–H and O–H groups in total. The van der Waals surface area contributed by atoms with Crippen LogP contribution >= 0.6 is 0 Å². The molecule has 0 aliphatic heterocycles. The fraction of sp³-hybridized carbons (Fsp3) is 0.500. The lowest BCUT2D eigenvalue weighted by Gasteiger charge is -2.32. The third kappa shape index (κ3) is 5.47. The Balaban J connectivity index is 3.19. The SMILES string of the molecule is C=Cc1ccc(OCC(C)(O)C(F)(F)F)c(OCC(O)(C(F)(F)F)C(F)(F)F)c1. The number of benzene rings is 1. The molecular formula is C16H15F9O4. The number of hydrogen-bond acceptors (Lipinski definition) is 4. The minimum absolute atomic E-state index is 0.109. The van der Waals surface area contributed by atoms with Crippen LogP contribution < -0.4 is 9.47 Å². The largest absolute Gasteiger partial charge is 0.486 e. The molecule has 1 rings (SSSR count). The van der Waals surface area contributed by atoms with Gasteiger partial charge in [0.25, 0.3) is 5.60 Å². The average molecular weight is 442 g/mol. The van der Waals surface area contributed by atoms with Gasteiger partial charge >= 0.3 is 18.5 Å². The van der Waals surface area contributed by atoms with E-state index in [0.717, 1.165) is 24.3 Å². The fourth-order valence-electron chi connectivity index (χ4n) is 1.69. The molecule has 0 amide bonds. The summed E-state index contributed by atoms with van der Waals surface area (Å²) < 4.78 is 123. The fourth-order valence-corrected chi connectivity index (χ4v) is 1.69. The summed E-state index contributed by atoms with van der Waals surface area (Å²) in [6, 6.07) is 2.88. The maximum absolute atomic E-state index is 12.7. The summed E-state index contributed by atoms with van der Waals surface area (Å²) in [6.07, 6.45) is -16.4. The molecule has 0 saturated carbocycles. The Morgan fingerprint density at radius 2 is 1.31 bits per heavy atom. The van der Waals surface area contributed by atoms with Gasteiger partial charge in [-0.2, -0.15) is 39.5 Å². The van der Waals surface area contributed by atoms with E-state index in [1.54, 1.807) is 0 Å². The predicted octanol–water partition coefficient (Wildman–Crippen LogP) is 4.26. The molecule has 1 atom stereocenters. The van der Waals surface area contributed by atoms with E-state index in [4.69, 9.17) is 9.84 Å². The van der Waals surface area contributed by atoms with Crippen molar-refractivity contribution in [3.63, 3.8) is 0 Å². The molecule has 0 heterocycles. The van der Waals surface area contributed by atoms with Crippen molar-refractivity contribution in [3.05, 3.63) is 30.3 Å². The summed E-state index contributed by atoms with van der Waals surface area (Å²) in [6.45, 7) is -0.139. The number of alkyl halides is 9. The second-order valence-corrected chi connectivity index (χ2v) is 6.12. The van der Waals surface area contributed by atoms with E-state index in [0.29, 0.717) is 6.92 Å². The Hall–Kier alpha value is -2.15. The highest BCUT2D eigenvalue weighted by atomic mass is 19.4. The van der Waals surface area contributed by atoms with E-state index in [1.165, 1.54) is 0 Å². The first-order valence-electron chi connectivity index (χ1n) is 7.53. The van der Waals surface area contributed by atoms with Crippen molar-refractivity contribution < 1.29 is 59.2 Å². The van der Waals surface area contributed by atoms with Gasteiger partial charge in [-0.3, -0.25) is 0 Å². The first-order chi connectivity index (χ1) is 12.9. The highest BCUT2D eigenvalue weighted by Crippen LogP contribution is 2.44. The number of ether oxygens (including phenoxy) is 2. The summed E-state index contributed by atoms with van der Waals surface area (Å²) in [4.78, 5) is 0. The topological polar surface area (TPSA) is 58.9 Å². The van der Waals surface area contributed by atoms with Crippen molar-refractivity contribution in [3.8, 4) is 11.5 Å². The molecule has 29 heavy (non-hydrogen) atoms. The molecule has 1 unspecified atom stereocenters. The van der Waals surface area contributed by atoms with Crippen molar-refractivity contribution in [2.75, 3.05) is 13.2 Å². The van der Waals surface area contributed by atoms with Gasteiger partial charge in [-0.15, -0.1) is 0 Å². The summed E-state index contributed by atoms with van der Waals surface area (Å²) >= 11 is 0. The van der Waals surface area contributed by atoms with Gasteiger partial charge in [0.1, 0.15) is 13.2 Å². The molecule has 0 fully saturated rings. The van der Waals surface area contributed by atoms with E-state index in [9.17, 15) is 44.6 Å². The van der Waals surface area contributed by atoms with E-state index in [-0.39, 0.29) is 5.56 Å². The zero-order valence-corrected chi connectivity index (χ0v) is 14.5. The quantitative estimate of drug-likeness (QED) is 0.620. The van der Waals surface area contributed by atoms with E-state index < -0.39 is 54.4 Å². The molecule has 0 saturated heterocycles. The van der Waals surface area contributed by atoms with Crippen LogP contribution in [0.3, 0.4) is 0 Å². The van der Waals surface area contributed by atoms with Crippen LogP contribution in [0.5, 0.6) is 11.5 Å². The zero-order valence-electron chi connectivity index (χ0n) is 14.5. The van der Waals surface area contributed by atoms with E-state index >= 15 is 0 Å². The van der Waals surface area contributed by atoms with Crippen LogP contribution in [0.2, 0.25) is 0 Å². The number of halogens is 9. The van der Waals surface area contributed by atoms with Gasteiger partial charge in [0.15, 0.2) is 17.1 Å². The molecule has 0 bridgehead atoms. The highest BCUT2D eigenvalue weighted by molar-refractivity contribution is 5.54. The normalized spacial score (nSPS) is 15.6. The number of aliphatic hydroxyl groups is 2. The molecule has 4 nitrogen and oxygen atoms in total. The molecule has 166 valence electrons. The Morgan fingerprint density at radius 3 is 1.72 bits per heavy atom. The van der Waals surface area contributed by atoms with Gasteiger partial charge in [-0.05, 0) is 24.6 Å². The van der Waals surface area contributed by atoms with Gasteiger partial charge in [0, 0.05) is 0 Å². The van der Waals surface area contributed by atoms with Crippen LogP contribution in [0.4, 0.5) is 39.5 Å². The Bertz CT molecular complexity index is 707. The van der Waals surface area contributed by atoms with E-state index in [1.807, 2.05) is 0 Å². The molecule has 0 radical (unpaired) electrons. The van der Waals surface area contributed by atoms with Crippen LogP contribution in [0.25, 0.3) is 6.08 Å². The van der Waals surface area contributed by atoms with Gasteiger partial charge in [-0.1, -0.05) is 18.7 Å². The smallest absolute Gasteiger partial charge is 0.429 e. The summed E-state index contributed by atoms with van der Waals surface area (Å²) in [5, 5.41) is 18.4. The Kier molecular flexibility index (Phi) is 6.81. The van der Waals surface area contributed by atoms with Crippen LogP contribution in [0.15, 0.2) is 24.8 Å². The lowest BCUT2D eigenvalue weighted by atomic mass is 10.0. The molecular weight excluding hydrogens is 427 g/mol. The first kappa shape index (κ1) is 24.9. The van der Waals surface area contributed by atoms with Gasteiger partial charge < -0.3 is 19.7 Å². The average Bonchev–Trinajstić information content (AvgIpc) is 2.55. The number of rotatable bonds is 7. The van der Waals surface area contributed by atoms with Crippen molar-refractivity contribution in [1.82, 2.24) is 0 Å². The molecule has 0 aliphatic carbocycles.